The molecule has 0 saturated heterocycles. The molecule has 0 aliphatic carbocycles. The fraction of sp³-hybridized carbons (Fsp3) is 0.308. The molecule has 2 aromatic carbocycles. The molecule has 6 heteroatoms. The van der Waals surface area contributed by atoms with Gasteiger partial charge in [-0.15, -0.1) is 0 Å². The van der Waals surface area contributed by atoms with E-state index in [4.69, 9.17) is 11.6 Å². The van der Waals surface area contributed by atoms with Crippen molar-refractivity contribution in [3.8, 4) is 0 Å². The van der Waals surface area contributed by atoms with Crippen molar-refractivity contribution in [1.29, 1.82) is 0 Å². The molecule has 0 amide bonds. The first kappa shape index (κ1) is 22.3. The highest BCUT2D eigenvalue weighted by atomic mass is 35.5. The SMILES string of the molecule is Cc1ccc2c(NCCCNCCCCNc3ccnc4cc(Cl)ccc34)ccnc2c1. The molecule has 0 unspecified atom stereocenters. The van der Waals surface area contributed by atoms with Gasteiger partial charge in [-0.25, -0.2) is 0 Å². The average Bonchev–Trinajstić information content (AvgIpc) is 2.80. The number of hydrogen-bond acceptors (Lipinski definition) is 5. The Bertz CT molecular complexity index is 1080. The minimum atomic E-state index is 0.715. The van der Waals surface area contributed by atoms with Crippen LogP contribution in [0.4, 0.5) is 11.4 Å². The van der Waals surface area contributed by atoms with Crippen molar-refractivity contribution in [1.82, 2.24) is 15.3 Å². The first-order chi connectivity index (χ1) is 15.7. The highest BCUT2D eigenvalue weighted by Gasteiger charge is 2.03. The van der Waals surface area contributed by atoms with Crippen LogP contribution in [0.15, 0.2) is 60.9 Å². The molecule has 0 aliphatic heterocycles. The van der Waals surface area contributed by atoms with Gasteiger partial charge in [0.05, 0.1) is 11.0 Å². The fourth-order valence-electron chi connectivity index (χ4n) is 3.85. The van der Waals surface area contributed by atoms with Gasteiger partial charge in [-0.05, 0) is 81.2 Å². The number of pyridine rings is 2. The first-order valence-corrected chi connectivity index (χ1v) is 11.7. The van der Waals surface area contributed by atoms with Gasteiger partial charge < -0.3 is 16.0 Å². The lowest BCUT2D eigenvalue weighted by atomic mass is 10.1. The monoisotopic (exact) mass is 447 g/mol. The molecule has 5 nitrogen and oxygen atoms in total. The molecule has 0 aliphatic rings. The largest absolute Gasteiger partial charge is 0.384 e. The van der Waals surface area contributed by atoms with E-state index in [9.17, 15) is 0 Å². The lowest BCUT2D eigenvalue weighted by Gasteiger charge is -2.11. The molecule has 2 aromatic heterocycles. The maximum absolute atomic E-state index is 6.06. The van der Waals surface area contributed by atoms with Crippen molar-refractivity contribution >= 4 is 44.8 Å². The number of hydrogen-bond donors (Lipinski definition) is 3. The van der Waals surface area contributed by atoms with Crippen molar-refractivity contribution in [2.45, 2.75) is 26.2 Å². The van der Waals surface area contributed by atoms with Crippen LogP contribution in [-0.4, -0.2) is 36.1 Å². The van der Waals surface area contributed by atoms with E-state index in [1.165, 1.54) is 10.9 Å². The number of anilines is 2. The van der Waals surface area contributed by atoms with E-state index in [-0.39, 0.29) is 0 Å². The zero-order valence-corrected chi connectivity index (χ0v) is 19.3. The van der Waals surface area contributed by atoms with Crippen molar-refractivity contribution in [3.05, 3.63) is 71.5 Å². The number of rotatable bonds is 11. The second-order valence-electron chi connectivity index (χ2n) is 8.06. The number of nitrogens with one attached hydrogen (secondary N) is 3. The summed E-state index contributed by atoms with van der Waals surface area (Å²) in [6.45, 7) is 6.03. The molecule has 0 saturated carbocycles. The van der Waals surface area contributed by atoms with Gasteiger partial charge in [-0.1, -0.05) is 23.7 Å². The Morgan fingerprint density at radius 1 is 0.688 bits per heavy atom. The second kappa shape index (κ2) is 11.1. The molecule has 0 fully saturated rings. The van der Waals surface area contributed by atoms with Gasteiger partial charge >= 0.3 is 0 Å². The van der Waals surface area contributed by atoms with E-state index >= 15 is 0 Å². The van der Waals surface area contributed by atoms with Gasteiger partial charge in [-0.3, -0.25) is 9.97 Å². The van der Waals surface area contributed by atoms with E-state index in [2.05, 4.69) is 57.1 Å². The molecule has 2 heterocycles. The van der Waals surface area contributed by atoms with Crippen LogP contribution in [0.1, 0.15) is 24.8 Å². The highest BCUT2D eigenvalue weighted by Crippen LogP contribution is 2.24. The van der Waals surface area contributed by atoms with Crippen molar-refractivity contribution in [2.24, 2.45) is 0 Å². The number of halogens is 1. The highest BCUT2D eigenvalue weighted by molar-refractivity contribution is 6.31. The molecule has 4 rings (SSSR count). The van der Waals surface area contributed by atoms with Crippen LogP contribution >= 0.6 is 11.6 Å². The average molecular weight is 448 g/mol. The van der Waals surface area contributed by atoms with Gasteiger partial charge in [0.15, 0.2) is 0 Å². The minimum Gasteiger partial charge on any atom is -0.384 e. The van der Waals surface area contributed by atoms with E-state index in [1.807, 2.05) is 36.7 Å². The number of aryl methyl sites for hydroxylation is 1. The molecule has 0 atom stereocenters. The molecular formula is C26H30ClN5. The molecule has 0 radical (unpaired) electrons. The number of unbranched alkanes of at least 4 members (excludes halogenated alkanes) is 1. The second-order valence-corrected chi connectivity index (χ2v) is 8.50. The number of benzene rings is 2. The maximum atomic E-state index is 6.06. The number of aromatic nitrogens is 2. The van der Waals surface area contributed by atoms with Crippen LogP contribution in [-0.2, 0) is 0 Å². The molecule has 166 valence electrons. The normalized spacial score (nSPS) is 11.2. The lowest BCUT2D eigenvalue weighted by Crippen LogP contribution is -2.20. The maximum Gasteiger partial charge on any atom is 0.0737 e. The van der Waals surface area contributed by atoms with Crippen LogP contribution in [0.3, 0.4) is 0 Å². The molecule has 4 aromatic rings. The van der Waals surface area contributed by atoms with Gasteiger partial charge in [0, 0.05) is 52.7 Å². The molecular weight excluding hydrogens is 418 g/mol. The zero-order chi connectivity index (χ0) is 22.2. The third-order valence-corrected chi connectivity index (χ3v) is 5.78. The number of fused-ring (bicyclic) bond motifs is 2. The summed E-state index contributed by atoms with van der Waals surface area (Å²) < 4.78 is 0. The van der Waals surface area contributed by atoms with Crippen molar-refractivity contribution < 1.29 is 0 Å². The Morgan fingerprint density at radius 3 is 2.03 bits per heavy atom. The van der Waals surface area contributed by atoms with Gasteiger partial charge in [0.2, 0.25) is 0 Å². The smallest absolute Gasteiger partial charge is 0.0737 e. The lowest BCUT2D eigenvalue weighted by molar-refractivity contribution is 0.619. The Morgan fingerprint density at radius 2 is 1.28 bits per heavy atom. The summed E-state index contributed by atoms with van der Waals surface area (Å²) in [6.07, 6.45) is 7.04. The summed E-state index contributed by atoms with van der Waals surface area (Å²) in [5, 5.41) is 13.6. The standard InChI is InChI=1S/C26H30ClN5/c1-19-5-7-21-23(9-15-31-25(21)17-19)30-14-4-12-28-11-2-3-13-29-24-10-16-32-26-18-20(27)6-8-22(24)26/h5-10,15-18,28H,2-4,11-14H2,1H3,(H,29,32)(H,30,31). The van der Waals surface area contributed by atoms with E-state index in [0.717, 1.165) is 73.2 Å². The van der Waals surface area contributed by atoms with Crippen LogP contribution in [0.25, 0.3) is 21.8 Å². The van der Waals surface area contributed by atoms with Crippen LogP contribution in [0.5, 0.6) is 0 Å². The Balaban J connectivity index is 1.10. The summed E-state index contributed by atoms with van der Waals surface area (Å²) in [4.78, 5) is 8.86. The van der Waals surface area contributed by atoms with Crippen LogP contribution in [0.2, 0.25) is 5.02 Å². The molecule has 32 heavy (non-hydrogen) atoms. The first-order valence-electron chi connectivity index (χ1n) is 11.3. The van der Waals surface area contributed by atoms with Gasteiger partial charge in [0.1, 0.15) is 0 Å². The molecule has 0 bridgehead atoms. The third-order valence-electron chi connectivity index (χ3n) is 5.54. The quantitative estimate of drug-likeness (QED) is 0.245. The predicted octanol–water partition coefficient (Wildman–Crippen LogP) is 6.03. The third kappa shape index (κ3) is 5.87. The van der Waals surface area contributed by atoms with E-state index < -0.39 is 0 Å². The van der Waals surface area contributed by atoms with E-state index in [1.54, 1.807) is 0 Å². The minimum absolute atomic E-state index is 0.715. The van der Waals surface area contributed by atoms with Crippen LogP contribution < -0.4 is 16.0 Å². The Labute approximate surface area is 194 Å². The number of nitrogens with zero attached hydrogens (tertiary/aromatic N) is 2. The van der Waals surface area contributed by atoms with Gasteiger partial charge in [0.25, 0.3) is 0 Å². The predicted molar refractivity (Wildman–Crippen MR) is 137 cm³/mol. The molecule has 0 spiro atoms. The van der Waals surface area contributed by atoms with Crippen molar-refractivity contribution in [3.63, 3.8) is 0 Å². The van der Waals surface area contributed by atoms with E-state index in [0.29, 0.717) is 5.02 Å². The summed E-state index contributed by atoms with van der Waals surface area (Å²) in [5.74, 6) is 0. The fourth-order valence-corrected chi connectivity index (χ4v) is 4.01. The van der Waals surface area contributed by atoms with Crippen molar-refractivity contribution in [2.75, 3.05) is 36.8 Å². The van der Waals surface area contributed by atoms with Crippen LogP contribution in [0, 0.1) is 6.92 Å². The summed E-state index contributed by atoms with van der Waals surface area (Å²) in [7, 11) is 0. The Kier molecular flexibility index (Phi) is 7.75. The molecule has 3 N–H and O–H groups in total. The summed E-state index contributed by atoms with van der Waals surface area (Å²) >= 11 is 6.06. The van der Waals surface area contributed by atoms with Gasteiger partial charge in [-0.2, -0.15) is 0 Å². The Hall–Kier alpha value is -2.89. The topological polar surface area (TPSA) is 61.9 Å². The summed E-state index contributed by atoms with van der Waals surface area (Å²) in [5.41, 5.74) is 5.48. The summed E-state index contributed by atoms with van der Waals surface area (Å²) in [6, 6.07) is 16.3. The zero-order valence-electron chi connectivity index (χ0n) is 18.5.